The molecule has 112 valence electrons. The molecule has 1 aromatic heterocycles. The minimum atomic E-state index is -0.400. The molecule has 5 heteroatoms. The highest BCUT2D eigenvalue weighted by molar-refractivity contribution is 5.72. The summed E-state index contributed by atoms with van der Waals surface area (Å²) in [6, 6.07) is 8.99. The zero-order valence-electron chi connectivity index (χ0n) is 12.5. The third kappa shape index (κ3) is 3.01. The van der Waals surface area contributed by atoms with E-state index in [9.17, 15) is 10.1 Å². The van der Waals surface area contributed by atoms with Crippen molar-refractivity contribution in [1.29, 1.82) is 5.26 Å². The number of benzene rings is 1. The van der Waals surface area contributed by atoms with E-state index < -0.39 is 5.56 Å². The smallest absolute Gasteiger partial charge is 0.266 e. The zero-order valence-corrected chi connectivity index (χ0v) is 12.5. The van der Waals surface area contributed by atoms with Crippen LogP contribution in [-0.2, 0) is 0 Å². The number of aryl methyl sites for hydroxylation is 1. The number of rotatable bonds is 5. The normalized spacial score (nSPS) is 9.86. The summed E-state index contributed by atoms with van der Waals surface area (Å²) in [5.41, 5.74) is 1.65. The van der Waals surface area contributed by atoms with E-state index >= 15 is 0 Å². The SMILES string of the molecule is C=CCOc1ccc(-c2cc(C)[nH]c(=O)c2C#N)cc1OC. The standard InChI is InChI=1S/C17H16N2O3/c1-4-7-22-15-6-5-12(9-16(15)21-3)13-8-11(2)19-17(20)14(13)10-18/h4-6,8-9H,1,7H2,2-3H3,(H,19,20). The van der Waals surface area contributed by atoms with Crippen molar-refractivity contribution in [3.05, 3.63) is 58.5 Å². The van der Waals surface area contributed by atoms with E-state index in [2.05, 4.69) is 11.6 Å². The Kier molecular flexibility index (Phi) is 4.64. The van der Waals surface area contributed by atoms with Crippen molar-refractivity contribution in [2.45, 2.75) is 6.92 Å². The van der Waals surface area contributed by atoms with Crippen LogP contribution in [0.2, 0.25) is 0 Å². The monoisotopic (exact) mass is 296 g/mol. The van der Waals surface area contributed by atoms with Crippen molar-refractivity contribution in [2.24, 2.45) is 0 Å². The summed E-state index contributed by atoms with van der Waals surface area (Å²) < 4.78 is 10.8. The van der Waals surface area contributed by atoms with Crippen LogP contribution in [0.1, 0.15) is 11.3 Å². The fourth-order valence-electron chi connectivity index (χ4n) is 2.13. The Hall–Kier alpha value is -3.00. The molecular weight excluding hydrogens is 280 g/mol. The molecule has 0 aliphatic carbocycles. The van der Waals surface area contributed by atoms with Gasteiger partial charge in [-0.15, -0.1) is 0 Å². The van der Waals surface area contributed by atoms with Gasteiger partial charge in [0.25, 0.3) is 5.56 Å². The number of hydrogen-bond acceptors (Lipinski definition) is 4. The molecule has 0 unspecified atom stereocenters. The van der Waals surface area contributed by atoms with Crippen molar-refractivity contribution >= 4 is 0 Å². The van der Waals surface area contributed by atoms with Crippen LogP contribution in [0.15, 0.2) is 41.7 Å². The summed E-state index contributed by atoms with van der Waals surface area (Å²) in [6.45, 7) is 5.73. The zero-order chi connectivity index (χ0) is 16.1. The largest absolute Gasteiger partial charge is 0.493 e. The number of hydrogen-bond donors (Lipinski definition) is 1. The molecule has 0 amide bonds. The maximum Gasteiger partial charge on any atom is 0.266 e. The molecule has 1 aromatic carbocycles. The van der Waals surface area contributed by atoms with Gasteiger partial charge >= 0.3 is 0 Å². The predicted octanol–water partition coefficient (Wildman–Crippen LogP) is 2.80. The quantitative estimate of drug-likeness (QED) is 0.861. The highest BCUT2D eigenvalue weighted by atomic mass is 16.5. The third-order valence-electron chi connectivity index (χ3n) is 3.11. The van der Waals surface area contributed by atoms with E-state index in [1.807, 2.05) is 6.07 Å². The first-order chi connectivity index (χ1) is 10.6. The van der Waals surface area contributed by atoms with Gasteiger partial charge in [-0.1, -0.05) is 18.7 Å². The molecule has 0 saturated heterocycles. The maximum atomic E-state index is 11.9. The topological polar surface area (TPSA) is 75.1 Å². The molecule has 0 spiro atoms. The summed E-state index contributed by atoms with van der Waals surface area (Å²) in [4.78, 5) is 14.5. The number of nitriles is 1. The third-order valence-corrected chi connectivity index (χ3v) is 3.11. The van der Waals surface area contributed by atoms with Crippen LogP contribution < -0.4 is 15.0 Å². The van der Waals surface area contributed by atoms with Gasteiger partial charge in [0.15, 0.2) is 11.5 Å². The first-order valence-corrected chi connectivity index (χ1v) is 6.66. The number of aromatic amines is 1. The van der Waals surface area contributed by atoms with Gasteiger partial charge in [-0.05, 0) is 30.7 Å². The molecule has 5 nitrogen and oxygen atoms in total. The molecule has 0 aliphatic rings. The molecule has 0 bridgehead atoms. The van der Waals surface area contributed by atoms with Crippen LogP contribution in [0.3, 0.4) is 0 Å². The molecule has 1 N–H and O–H groups in total. The van der Waals surface area contributed by atoms with Crippen LogP contribution in [0, 0.1) is 18.3 Å². The fraction of sp³-hybridized carbons (Fsp3) is 0.176. The molecule has 0 fully saturated rings. The molecule has 0 aliphatic heterocycles. The minimum absolute atomic E-state index is 0.0763. The lowest BCUT2D eigenvalue weighted by Crippen LogP contribution is -2.12. The molecule has 2 aromatic rings. The minimum Gasteiger partial charge on any atom is -0.493 e. The number of pyridine rings is 1. The number of aromatic nitrogens is 1. The highest BCUT2D eigenvalue weighted by Crippen LogP contribution is 2.33. The van der Waals surface area contributed by atoms with Crippen molar-refractivity contribution in [3.63, 3.8) is 0 Å². The van der Waals surface area contributed by atoms with Gasteiger partial charge in [-0.3, -0.25) is 4.79 Å². The molecule has 1 heterocycles. The van der Waals surface area contributed by atoms with E-state index in [1.165, 1.54) is 7.11 Å². The molecule has 0 saturated carbocycles. The van der Waals surface area contributed by atoms with Crippen molar-refractivity contribution in [3.8, 4) is 28.7 Å². The van der Waals surface area contributed by atoms with Crippen LogP contribution in [-0.4, -0.2) is 18.7 Å². The van der Waals surface area contributed by atoms with Gasteiger partial charge in [0.1, 0.15) is 18.2 Å². The molecular formula is C17H16N2O3. The van der Waals surface area contributed by atoms with Crippen LogP contribution in [0.5, 0.6) is 11.5 Å². The lowest BCUT2D eigenvalue weighted by Gasteiger charge is -2.12. The Labute approximate surface area is 128 Å². The maximum absolute atomic E-state index is 11.9. The van der Waals surface area contributed by atoms with Gasteiger partial charge in [-0.2, -0.15) is 5.26 Å². The van der Waals surface area contributed by atoms with Crippen molar-refractivity contribution < 1.29 is 9.47 Å². The first-order valence-electron chi connectivity index (χ1n) is 6.66. The predicted molar refractivity (Wildman–Crippen MR) is 84.2 cm³/mol. The van der Waals surface area contributed by atoms with E-state index in [0.29, 0.717) is 34.9 Å². The Morgan fingerprint density at radius 2 is 2.14 bits per heavy atom. The molecule has 22 heavy (non-hydrogen) atoms. The lowest BCUT2D eigenvalue weighted by molar-refractivity contribution is 0.326. The molecule has 0 radical (unpaired) electrons. The second-order valence-electron chi connectivity index (χ2n) is 4.65. The van der Waals surface area contributed by atoms with Crippen molar-refractivity contribution in [2.75, 3.05) is 13.7 Å². The van der Waals surface area contributed by atoms with Crippen molar-refractivity contribution in [1.82, 2.24) is 4.98 Å². The number of H-pyrrole nitrogens is 1. The second kappa shape index (κ2) is 6.64. The Bertz CT molecular complexity index is 801. The Balaban J connectivity index is 2.57. The van der Waals surface area contributed by atoms with Gasteiger partial charge in [-0.25, -0.2) is 0 Å². The Morgan fingerprint density at radius 1 is 1.36 bits per heavy atom. The summed E-state index contributed by atoms with van der Waals surface area (Å²) in [5, 5.41) is 9.21. The fourth-order valence-corrected chi connectivity index (χ4v) is 2.13. The summed E-state index contributed by atoms with van der Waals surface area (Å²) >= 11 is 0. The average molecular weight is 296 g/mol. The summed E-state index contributed by atoms with van der Waals surface area (Å²) in [6.07, 6.45) is 1.64. The number of nitrogens with zero attached hydrogens (tertiary/aromatic N) is 1. The van der Waals surface area contributed by atoms with Gasteiger partial charge in [0.05, 0.1) is 7.11 Å². The highest BCUT2D eigenvalue weighted by Gasteiger charge is 2.13. The van der Waals surface area contributed by atoms with E-state index in [1.54, 1.807) is 37.3 Å². The van der Waals surface area contributed by atoms with Crippen LogP contribution in [0.4, 0.5) is 0 Å². The van der Waals surface area contributed by atoms with Gasteiger partial charge in [0.2, 0.25) is 0 Å². The molecule has 2 rings (SSSR count). The first kappa shape index (κ1) is 15.4. The van der Waals surface area contributed by atoms with E-state index in [0.717, 1.165) is 0 Å². The van der Waals surface area contributed by atoms with E-state index in [4.69, 9.17) is 9.47 Å². The number of methoxy groups -OCH3 is 1. The van der Waals surface area contributed by atoms with Crippen LogP contribution >= 0.6 is 0 Å². The number of nitrogens with one attached hydrogen (secondary N) is 1. The summed E-state index contributed by atoms with van der Waals surface area (Å²) in [5.74, 6) is 1.10. The van der Waals surface area contributed by atoms with Gasteiger partial charge < -0.3 is 14.5 Å². The van der Waals surface area contributed by atoms with Crippen LogP contribution in [0.25, 0.3) is 11.1 Å². The van der Waals surface area contributed by atoms with E-state index in [-0.39, 0.29) is 5.56 Å². The number of ether oxygens (including phenoxy) is 2. The molecule has 0 atom stereocenters. The van der Waals surface area contributed by atoms with Gasteiger partial charge in [0, 0.05) is 11.3 Å². The Morgan fingerprint density at radius 3 is 2.77 bits per heavy atom. The lowest BCUT2D eigenvalue weighted by atomic mass is 10.0. The summed E-state index contributed by atoms with van der Waals surface area (Å²) in [7, 11) is 1.54. The average Bonchev–Trinajstić information content (AvgIpc) is 2.52. The second-order valence-corrected chi connectivity index (χ2v) is 4.65.